The molecule has 0 heterocycles. The summed E-state index contributed by atoms with van der Waals surface area (Å²) in [4.78, 5) is 0.107. The third-order valence-electron chi connectivity index (χ3n) is 4.06. The van der Waals surface area contributed by atoms with Crippen LogP contribution in [0.3, 0.4) is 0 Å². The van der Waals surface area contributed by atoms with Crippen molar-refractivity contribution < 1.29 is 13.5 Å². The zero-order valence-electron chi connectivity index (χ0n) is 12.4. The van der Waals surface area contributed by atoms with E-state index in [4.69, 9.17) is 5.73 Å². The molecule has 4 N–H and O–H groups in total. The number of para-hydroxylation sites is 1. The number of aliphatic hydroxyl groups is 1. The van der Waals surface area contributed by atoms with Crippen molar-refractivity contribution in [2.45, 2.75) is 30.2 Å². The molecule has 21 heavy (non-hydrogen) atoms. The number of hydrogen-bond donors (Lipinski definition) is 3. The lowest BCUT2D eigenvalue weighted by Crippen LogP contribution is -2.28. The standard InChI is InChI=1S/C14H23N3O3S/c1-17(2)21(19,20)13-8-4-7-12(14(13)15)16-11-6-3-5-10(11)9-18/h4,7-8,10-11,16,18H,3,5-6,9,15H2,1-2H3. The van der Waals surface area contributed by atoms with E-state index in [1.807, 2.05) is 0 Å². The molecule has 0 saturated heterocycles. The second-order valence-corrected chi connectivity index (χ2v) is 7.75. The van der Waals surface area contributed by atoms with E-state index in [0.29, 0.717) is 5.69 Å². The summed E-state index contributed by atoms with van der Waals surface area (Å²) in [5.74, 6) is 0.193. The largest absolute Gasteiger partial charge is 0.396 e. The molecule has 1 aliphatic rings. The van der Waals surface area contributed by atoms with Crippen molar-refractivity contribution in [3.8, 4) is 0 Å². The maximum atomic E-state index is 12.2. The van der Waals surface area contributed by atoms with Crippen LogP contribution in [0.1, 0.15) is 19.3 Å². The van der Waals surface area contributed by atoms with Gasteiger partial charge in [0.15, 0.2) is 0 Å². The Morgan fingerprint density at radius 2 is 2.10 bits per heavy atom. The zero-order chi connectivity index (χ0) is 15.6. The van der Waals surface area contributed by atoms with E-state index in [1.54, 1.807) is 12.1 Å². The normalized spacial score (nSPS) is 22.7. The number of aliphatic hydroxyl groups excluding tert-OH is 1. The second kappa shape index (κ2) is 6.21. The quantitative estimate of drug-likeness (QED) is 0.707. The van der Waals surface area contributed by atoms with Crippen molar-refractivity contribution in [1.82, 2.24) is 4.31 Å². The summed E-state index contributed by atoms with van der Waals surface area (Å²) in [6.45, 7) is 0.132. The Labute approximate surface area is 126 Å². The van der Waals surface area contributed by atoms with E-state index in [9.17, 15) is 13.5 Å². The van der Waals surface area contributed by atoms with Crippen molar-refractivity contribution in [2.24, 2.45) is 5.92 Å². The van der Waals surface area contributed by atoms with Gasteiger partial charge in [-0.2, -0.15) is 0 Å². The molecule has 0 spiro atoms. The maximum absolute atomic E-state index is 12.2. The summed E-state index contributed by atoms with van der Waals surface area (Å²) in [6, 6.07) is 5.09. The molecule has 2 rings (SSSR count). The van der Waals surface area contributed by atoms with Crippen LogP contribution in [0, 0.1) is 5.92 Å². The lowest BCUT2D eigenvalue weighted by Gasteiger charge is -2.22. The van der Waals surface area contributed by atoms with Crippen molar-refractivity contribution in [2.75, 3.05) is 31.8 Å². The van der Waals surface area contributed by atoms with Crippen LogP contribution in [0.4, 0.5) is 11.4 Å². The molecule has 0 bridgehead atoms. The zero-order valence-corrected chi connectivity index (χ0v) is 13.2. The van der Waals surface area contributed by atoms with E-state index in [0.717, 1.165) is 23.6 Å². The average molecular weight is 313 g/mol. The maximum Gasteiger partial charge on any atom is 0.244 e. The molecule has 2 unspecified atom stereocenters. The second-order valence-electron chi connectivity index (χ2n) is 5.63. The Morgan fingerprint density at radius 1 is 1.38 bits per heavy atom. The highest BCUT2D eigenvalue weighted by molar-refractivity contribution is 7.89. The first kappa shape index (κ1) is 16.1. The average Bonchev–Trinajstić information content (AvgIpc) is 2.88. The summed E-state index contributed by atoms with van der Waals surface area (Å²) >= 11 is 0. The van der Waals surface area contributed by atoms with E-state index >= 15 is 0 Å². The molecule has 6 nitrogen and oxygen atoms in total. The molecule has 0 aromatic heterocycles. The molecule has 1 fully saturated rings. The van der Waals surface area contributed by atoms with Gasteiger partial charge in [-0.25, -0.2) is 12.7 Å². The predicted molar refractivity (Wildman–Crippen MR) is 83.6 cm³/mol. The Morgan fingerprint density at radius 3 is 2.71 bits per heavy atom. The lowest BCUT2D eigenvalue weighted by molar-refractivity contribution is 0.222. The fourth-order valence-electron chi connectivity index (χ4n) is 2.74. The third kappa shape index (κ3) is 3.14. The summed E-state index contributed by atoms with van der Waals surface area (Å²) < 4.78 is 25.6. The molecule has 0 aliphatic heterocycles. The van der Waals surface area contributed by atoms with Gasteiger partial charge in [0.2, 0.25) is 10.0 Å². The molecule has 118 valence electrons. The van der Waals surface area contributed by atoms with Crippen LogP contribution in [-0.2, 0) is 10.0 Å². The molecular formula is C14H23N3O3S. The molecule has 2 atom stereocenters. The monoisotopic (exact) mass is 313 g/mol. The van der Waals surface area contributed by atoms with Crippen LogP contribution in [0.2, 0.25) is 0 Å². The van der Waals surface area contributed by atoms with Gasteiger partial charge in [0, 0.05) is 32.7 Å². The number of rotatable bonds is 5. The fraction of sp³-hybridized carbons (Fsp3) is 0.571. The SMILES string of the molecule is CN(C)S(=O)(=O)c1cccc(NC2CCCC2CO)c1N. The fourth-order valence-corrected chi connectivity index (χ4v) is 3.77. The molecule has 7 heteroatoms. The number of benzene rings is 1. The summed E-state index contributed by atoms with van der Waals surface area (Å²) in [5, 5.41) is 12.7. The van der Waals surface area contributed by atoms with Crippen LogP contribution in [0.15, 0.2) is 23.1 Å². The first-order valence-corrected chi connectivity index (χ1v) is 8.50. The Balaban J connectivity index is 2.30. The number of anilines is 2. The number of sulfonamides is 1. The molecule has 1 saturated carbocycles. The highest BCUT2D eigenvalue weighted by atomic mass is 32.2. The van der Waals surface area contributed by atoms with Crippen LogP contribution < -0.4 is 11.1 Å². The number of nitrogens with zero attached hydrogens (tertiary/aromatic N) is 1. The predicted octanol–water partition coefficient (Wildman–Crippen LogP) is 1.09. The van der Waals surface area contributed by atoms with Gasteiger partial charge in [-0.05, 0) is 25.0 Å². The molecule has 1 aromatic carbocycles. The summed E-state index contributed by atoms with van der Waals surface area (Å²) in [5.41, 5.74) is 6.89. The van der Waals surface area contributed by atoms with Crippen LogP contribution >= 0.6 is 0 Å². The highest BCUT2D eigenvalue weighted by Crippen LogP contribution is 2.33. The van der Waals surface area contributed by atoms with Gasteiger partial charge in [-0.15, -0.1) is 0 Å². The lowest BCUT2D eigenvalue weighted by atomic mass is 10.0. The van der Waals surface area contributed by atoms with Crippen molar-refractivity contribution >= 4 is 21.4 Å². The van der Waals surface area contributed by atoms with Crippen molar-refractivity contribution in [3.63, 3.8) is 0 Å². The molecule has 1 aliphatic carbocycles. The van der Waals surface area contributed by atoms with E-state index in [-0.39, 0.29) is 29.1 Å². The van der Waals surface area contributed by atoms with Crippen LogP contribution in [0.25, 0.3) is 0 Å². The van der Waals surface area contributed by atoms with Gasteiger partial charge in [0.05, 0.1) is 11.4 Å². The smallest absolute Gasteiger partial charge is 0.244 e. The van der Waals surface area contributed by atoms with Crippen molar-refractivity contribution in [1.29, 1.82) is 0 Å². The van der Waals surface area contributed by atoms with Gasteiger partial charge in [-0.1, -0.05) is 12.5 Å². The topological polar surface area (TPSA) is 95.7 Å². The van der Waals surface area contributed by atoms with E-state index in [1.165, 1.54) is 20.2 Å². The number of nitrogens with one attached hydrogen (secondary N) is 1. The first-order valence-electron chi connectivity index (χ1n) is 7.06. The minimum Gasteiger partial charge on any atom is -0.396 e. The minimum absolute atomic E-state index is 0.107. The molecular weight excluding hydrogens is 290 g/mol. The highest BCUT2D eigenvalue weighted by Gasteiger charge is 2.28. The summed E-state index contributed by atoms with van der Waals surface area (Å²) in [7, 11) is -0.604. The van der Waals surface area contributed by atoms with Crippen LogP contribution in [0.5, 0.6) is 0 Å². The molecule has 0 amide bonds. The van der Waals surface area contributed by atoms with Gasteiger partial charge in [0.1, 0.15) is 4.90 Å². The van der Waals surface area contributed by atoms with Gasteiger partial charge < -0.3 is 16.2 Å². The first-order chi connectivity index (χ1) is 9.87. The van der Waals surface area contributed by atoms with Crippen LogP contribution in [-0.4, -0.2) is 44.6 Å². The van der Waals surface area contributed by atoms with Gasteiger partial charge in [-0.3, -0.25) is 0 Å². The Hall–Kier alpha value is -1.31. The van der Waals surface area contributed by atoms with E-state index in [2.05, 4.69) is 5.32 Å². The Bertz CT molecular complexity index is 601. The Kier molecular flexibility index (Phi) is 4.75. The third-order valence-corrected chi connectivity index (χ3v) is 5.93. The molecule has 1 aromatic rings. The molecule has 0 radical (unpaired) electrons. The van der Waals surface area contributed by atoms with Crippen molar-refractivity contribution in [3.05, 3.63) is 18.2 Å². The number of nitrogens with two attached hydrogens (primary N) is 1. The number of nitrogen functional groups attached to an aromatic ring is 1. The van der Waals surface area contributed by atoms with Gasteiger partial charge in [0.25, 0.3) is 0 Å². The van der Waals surface area contributed by atoms with Gasteiger partial charge >= 0.3 is 0 Å². The summed E-state index contributed by atoms with van der Waals surface area (Å²) in [6.07, 6.45) is 2.98. The van der Waals surface area contributed by atoms with E-state index < -0.39 is 10.0 Å². The number of hydrogen-bond acceptors (Lipinski definition) is 5. The minimum atomic E-state index is -3.56.